The van der Waals surface area contributed by atoms with E-state index in [1.807, 2.05) is 0 Å². The van der Waals surface area contributed by atoms with Gasteiger partial charge in [-0.05, 0) is 39.0 Å². The zero-order valence-corrected chi connectivity index (χ0v) is 18.3. The van der Waals surface area contributed by atoms with Gasteiger partial charge in [0.25, 0.3) is 0 Å². The van der Waals surface area contributed by atoms with Crippen LogP contribution in [0.25, 0.3) is 10.9 Å². The fraction of sp³-hybridized carbons (Fsp3) is 0.304. The van der Waals surface area contributed by atoms with Crippen LogP contribution in [-0.4, -0.2) is 34.0 Å². The Kier molecular flexibility index (Phi) is 6.60. The maximum Gasteiger partial charge on any atom is 0.423 e. The van der Waals surface area contributed by atoms with Gasteiger partial charge in [0.15, 0.2) is 0 Å². The monoisotopic (exact) mass is 467 g/mol. The number of methoxy groups -OCH3 is 1. The molecule has 0 radical (unpaired) electrons. The first-order valence-electron chi connectivity index (χ1n) is 9.83. The van der Waals surface area contributed by atoms with Crippen molar-refractivity contribution in [2.45, 2.75) is 38.6 Å². The summed E-state index contributed by atoms with van der Waals surface area (Å²) in [6, 6.07) is 3.07. The molecule has 3 aromatic rings. The molecule has 2 N–H and O–H groups in total. The number of aliphatic hydroxyl groups is 1. The lowest BCUT2D eigenvalue weighted by atomic mass is 9.85. The number of allylic oxidation sites excluding steroid dienone is 1. The third kappa shape index (κ3) is 4.90. The molecular weight excluding hydrogens is 445 g/mol. The Morgan fingerprint density at radius 1 is 1.12 bits per heavy atom. The zero-order valence-electron chi connectivity index (χ0n) is 18.3. The number of hydrogen-bond donors (Lipinski definition) is 2. The Balaban J connectivity index is 2.32. The van der Waals surface area contributed by atoms with Crippen molar-refractivity contribution < 1.29 is 31.8 Å². The molecule has 2 atom stereocenters. The second-order valence-electron chi connectivity index (χ2n) is 7.81. The fourth-order valence-corrected chi connectivity index (χ4v) is 3.59. The second-order valence-corrected chi connectivity index (χ2v) is 7.81. The van der Waals surface area contributed by atoms with E-state index >= 15 is 0 Å². The summed E-state index contributed by atoms with van der Waals surface area (Å²) in [7, 11) is 1.16. The molecule has 0 aliphatic carbocycles. The van der Waals surface area contributed by atoms with Gasteiger partial charge in [-0.1, -0.05) is 11.6 Å². The van der Waals surface area contributed by atoms with Crippen molar-refractivity contribution in [2.75, 3.05) is 12.4 Å². The fourth-order valence-electron chi connectivity index (χ4n) is 3.59. The number of aromatic nitrogens is 2. The summed E-state index contributed by atoms with van der Waals surface area (Å²) in [5, 5.41) is 13.9. The van der Waals surface area contributed by atoms with Crippen LogP contribution in [0.4, 0.5) is 27.6 Å². The number of nitrogens with one attached hydrogen (secondary N) is 1. The van der Waals surface area contributed by atoms with Gasteiger partial charge in [-0.25, -0.2) is 18.7 Å². The van der Waals surface area contributed by atoms with E-state index in [1.165, 1.54) is 20.0 Å². The lowest BCUT2D eigenvalue weighted by Gasteiger charge is -2.38. The molecule has 1 aromatic heterocycles. The number of anilines is 1. The molecular formula is C23H22F5N3O2. The minimum atomic E-state index is -5.17. The summed E-state index contributed by atoms with van der Waals surface area (Å²) in [6.45, 7) is 4.37. The summed E-state index contributed by atoms with van der Waals surface area (Å²) in [5.41, 5.74) is -3.42. The lowest BCUT2D eigenvalue weighted by molar-refractivity contribution is -0.246. The number of benzene rings is 2. The molecule has 0 bridgehead atoms. The molecule has 33 heavy (non-hydrogen) atoms. The molecule has 176 valence electrons. The van der Waals surface area contributed by atoms with Crippen molar-refractivity contribution in [3.63, 3.8) is 0 Å². The maximum absolute atomic E-state index is 14.3. The number of halogens is 5. The minimum Gasteiger partial charge on any atom is -0.496 e. The third-order valence-corrected chi connectivity index (χ3v) is 4.99. The van der Waals surface area contributed by atoms with E-state index in [0.717, 1.165) is 37.4 Å². The summed E-state index contributed by atoms with van der Waals surface area (Å²) >= 11 is 0. The van der Waals surface area contributed by atoms with Gasteiger partial charge < -0.3 is 15.2 Å². The smallest absolute Gasteiger partial charge is 0.423 e. The van der Waals surface area contributed by atoms with E-state index in [4.69, 9.17) is 4.74 Å². The van der Waals surface area contributed by atoms with Gasteiger partial charge in [0.05, 0.1) is 18.7 Å². The van der Waals surface area contributed by atoms with Crippen molar-refractivity contribution in [3.8, 4) is 5.75 Å². The van der Waals surface area contributed by atoms with Crippen LogP contribution in [0, 0.1) is 18.6 Å². The minimum absolute atomic E-state index is 0.0915. The third-order valence-electron chi connectivity index (χ3n) is 4.99. The van der Waals surface area contributed by atoms with Crippen LogP contribution in [-0.2, 0) is 0 Å². The number of rotatable bonds is 6. The highest BCUT2D eigenvalue weighted by Crippen LogP contribution is 2.46. The Labute approximate surface area is 186 Å². The Bertz CT molecular complexity index is 1200. The van der Waals surface area contributed by atoms with E-state index < -0.39 is 29.5 Å². The second kappa shape index (κ2) is 8.93. The van der Waals surface area contributed by atoms with Gasteiger partial charge >= 0.3 is 6.18 Å². The lowest BCUT2D eigenvalue weighted by Crippen LogP contribution is -2.51. The molecule has 1 heterocycles. The highest BCUT2D eigenvalue weighted by atomic mass is 19.4. The molecule has 0 aliphatic heterocycles. The molecule has 0 amide bonds. The van der Waals surface area contributed by atoms with Gasteiger partial charge in [-0.3, -0.25) is 0 Å². The highest BCUT2D eigenvalue weighted by Gasteiger charge is 2.58. The molecule has 2 unspecified atom stereocenters. The van der Waals surface area contributed by atoms with Crippen molar-refractivity contribution in [1.82, 2.24) is 9.97 Å². The maximum atomic E-state index is 14.3. The summed E-state index contributed by atoms with van der Waals surface area (Å²) < 4.78 is 76.2. The first-order chi connectivity index (χ1) is 15.4. The van der Waals surface area contributed by atoms with E-state index in [1.54, 1.807) is 6.92 Å². The van der Waals surface area contributed by atoms with Crippen molar-refractivity contribution in [3.05, 3.63) is 71.2 Å². The molecule has 0 spiro atoms. The first-order valence-corrected chi connectivity index (χ1v) is 9.83. The molecule has 2 aromatic carbocycles. The van der Waals surface area contributed by atoms with E-state index in [9.17, 15) is 27.1 Å². The molecule has 3 rings (SSSR count). The number of aryl methyl sites for hydroxylation is 1. The van der Waals surface area contributed by atoms with Gasteiger partial charge in [0.2, 0.25) is 5.60 Å². The highest BCUT2D eigenvalue weighted by molar-refractivity contribution is 5.91. The van der Waals surface area contributed by atoms with Gasteiger partial charge in [0.1, 0.15) is 23.2 Å². The van der Waals surface area contributed by atoms with Crippen molar-refractivity contribution in [1.29, 1.82) is 0 Å². The Morgan fingerprint density at radius 3 is 2.42 bits per heavy atom. The summed E-state index contributed by atoms with van der Waals surface area (Å²) in [5.74, 6) is -1.39. The van der Waals surface area contributed by atoms with Crippen molar-refractivity contribution in [2.24, 2.45) is 0 Å². The van der Waals surface area contributed by atoms with Gasteiger partial charge in [0, 0.05) is 35.0 Å². The van der Waals surface area contributed by atoms with Crippen LogP contribution in [0.3, 0.4) is 0 Å². The van der Waals surface area contributed by atoms with E-state index in [0.29, 0.717) is 11.9 Å². The number of hydrogen-bond acceptors (Lipinski definition) is 5. The largest absolute Gasteiger partial charge is 0.496 e. The zero-order chi connectivity index (χ0) is 24.6. The number of alkyl halides is 3. The van der Waals surface area contributed by atoms with E-state index in [-0.39, 0.29) is 33.5 Å². The van der Waals surface area contributed by atoms with Crippen molar-refractivity contribution >= 4 is 16.6 Å². The van der Waals surface area contributed by atoms with Crippen LogP contribution >= 0.6 is 0 Å². The quantitative estimate of drug-likeness (QED) is 0.363. The first kappa shape index (κ1) is 24.4. The van der Waals surface area contributed by atoms with Crippen LogP contribution in [0.2, 0.25) is 0 Å². The number of fused-ring (bicyclic) bond motifs is 1. The van der Waals surface area contributed by atoms with Crippen LogP contribution in [0.1, 0.15) is 31.3 Å². The number of ether oxygens (including phenoxy) is 1. The molecule has 0 saturated carbocycles. The topological polar surface area (TPSA) is 67.3 Å². The molecule has 10 heteroatoms. The summed E-state index contributed by atoms with van der Waals surface area (Å²) in [4.78, 5) is 8.16. The summed E-state index contributed by atoms with van der Waals surface area (Å²) in [6.07, 6.45) is -3.18. The number of nitrogens with zero attached hydrogens (tertiary/aromatic N) is 2. The van der Waals surface area contributed by atoms with E-state index in [2.05, 4.69) is 15.3 Å². The molecule has 0 saturated heterocycles. The Morgan fingerprint density at radius 2 is 1.82 bits per heavy atom. The predicted octanol–water partition coefficient (Wildman–Crippen LogP) is 5.64. The average molecular weight is 467 g/mol. The van der Waals surface area contributed by atoms with Gasteiger partial charge in [-0.15, -0.1) is 0 Å². The average Bonchev–Trinajstić information content (AvgIpc) is 2.70. The Hall–Kier alpha value is -3.27. The van der Waals surface area contributed by atoms with Crippen LogP contribution < -0.4 is 10.1 Å². The molecule has 0 aliphatic rings. The normalized spacial score (nSPS) is 14.5. The van der Waals surface area contributed by atoms with Crippen LogP contribution in [0.15, 0.2) is 48.2 Å². The predicted molar refractivity (Wildman–Crippen MR) is 114 cm³/mol. The standard InChI is InChI=1S/C23H22F5N3O2/c1-12(2)10-22(32,23(26,27)28)21(16-6-5-14(24)9-20(16)33-4)31-19-8-15(25)7-18-17(19)11-29-13(3)30-18/h5-11,21,31-32H,1-4H3. The molecule has 0 fully saturated rings. The SMILES string of the molecule is COc1cc(F)ccc1C(Nc1cc(F)cc2nc(C)ncc12)C(O)(C=C(C)C)C(F)(F)F. The molecule has 5 nitrogen and oxygen atoms in total. The van der Waals surface area contributed by atoms with Gasteiger partial charge in [-0.2, -0.15) is 13.2 Å². The van der Waals surface area contributed by atoms with Crippen LogP contribution in [0.5, 0.6) is 5.75 Å².